The molecule has 4 nitrogen and oxygen atoms in total. The number of para-hydroxylation sites is 1. The number of rotatable bonds is 3. The predicted octanol–water partition coefficient (Wildman–Crippen LogP) is 8.85. The maximum absolute atomic E-state index is 6.31. The summed E-state index contributed by atoms with van der Waals surface area (Å²) in [5.74, 6) is 0. The van der Waals surface area contributed by atoms with Crippen molar-refractivity contribution in [2.75, 3.05) is 0 Å². The van der Waals surface area contributed by atoms with E-state index in [0.717, 1.165) is 49.8 Å². The molecule has 217 valence electrons. The summed E-state index contributed by atoms with van der Waals surface area (Å²) in [6.45, 7) is 17.7. The summed E-state index contributed by atoms with van der Waals surface area (Å²) in [6, 6.07) is 25.6. The molecule has 0 aliphatic heterocycles. The Balaban J connectivity index is 0.000000228. The van der Waals surface area contributed by atoms with Crippen LogP contribution >= 0.6 is 0 Å². The van der Waals surface area contributed by atoms with Gasteiger partial charge in [0.25, 0.3) is 0 Å². The van der Waals surface area contributed by atoms with E-state index in [1.165, 1.54) is 16.7 Å². The molecule has 42 heavy (non-hydrogen) atoms. The summed E-state index contributed by atoms with van der Waals surface area (Å²) in [6.07, 6.45) is 7.04. The molecule has 0 bridgehead atoms. The minimum atomic E-state index is -1.67. The summed E-state index contributed by atoms with van der Waals surface area (Å²) in [5.41, 5.74) is 9.27. The minimum absolute atomic E-state index is 0. The number of hydrogen-bond donors (Lipinski definition) is 0. The number of fused-ring (bicyclic) bond motifs is 3. The molecule has 0 spiro atoms. The quantitative estimate of drug-likeness (QED) is 0.134. The van der Waals surface area contributed by atoms with Crippen LogP contribution in [0, 0.1) is 26.1 Å². The number of furan rings is 1. The van der Waals surface area contributed by atoms with Crippen LogP contribution in [-0.2, 0) is 25.5 Å². The molecule has 4 heterocycles. The fourth-order valence-electron chi connectivity index (χ4n) is 4.75. The molecule has 1 radical (unpaired) electrons. The fourth-order valence-corrected chi connectivity index (χ4v) is 6.14. The van der Waals surface area contributed by atoms with Crippen LogP contribution in [0.3, 0.4) is 0 Å². The van der Waals surface area contributed by atoms with Crippen LogP contribution in [-0.4, -0.2) is 23.0 Å². The first-order valence-electron chi connectivity index (χ1n) is 14.0. The van der Waals surface area contributed by atoms with E-state index in [2.05, 4.69) is 107 Å². The van der Waals surface area contributed by atoms with Crippen LogP contribution in [0.15, 0.2) is 83.5 Å². The van der Waals surface area contributed by atoms with Gasteiger partial charge in [0.15, 0.2) is 0 Å². The molecule has 4 aromatic heterocycles. The maximum atomic E-state index is 6.31. The largest absolute Gasteiger partial charge is 0.500 e. The van der Waals surface area contributed by atoms with Crippen LogP contribution in [0.2, 0.25) is 19.6 Å². The average Bonchev–Trinajstić information content (AvgIpc) is 3.33. The molecule has 6 aromatic rings. The summed E-state index contributed by atoms with van der Waals surface area (Å²) >= 11 is 0. The number of hydrogen-bond acceptors (Lipinski definition) is 4. The van der Waals surface area contributed by atoms with Gasteiger partial charge in [-0.3, -0.25) is 0 Å². The third kappa shape index (κ3) is 6.62. The molecular formula is C36H37IrN3OSi-2. The zero-order chi connectivity index (χ0) is 29.4. The van der Waals surface area contributed by atoms with Crippen LogP contribution in [0.5, 0.6) is 0 Å². The van der Waals surface area contributed by atoms with Crippen LogP contribution < -0.4 is 5.32 Å². The predicted molar refractivity (Wildman–Crippen MR) is 173 cm³/mol. The first-order valence-corrected chi connectivity index (χ1v) is 17.5. The van der Waals surface area contributed by atoms with Crippen molar-refractivity contribution in [1.82, 2.24) is 15.0 Å². The Labute approximate surface area is 264 Å². The van der Waals surface area contributed by atoms with Gasteiger partial charge in [-0.05, 0) is 70.8 Å². The Morgan fingerprint density at radius 2 is 1.57 bits per heavy atom. The number of aromatic nitrogens is 3. The summed E-state index contributed by atoms with van der Waals surface area (Å²) in [4.78, 5) is 13.8. The monoisotopic (exact) mass is 748 g/mol. The van der Waals surface area contributed by atoms with Gasteiger partial charge in [-0.1, -0.05) is 81.9 Å². The standard InChI is InChI=1S/C23H25N2OSi.C13H12N.Ir/c1-23(2,3)15-11-12-24-18(13-15)17-14-25-22(27(4,5)6)20-16-9-7-8-10-19(16)26-21(17)20;1-10-8-13(14-9-11(10)2)12-6-4-3-5-7-12;/h7-13H,1-6H3;3-6,8-9H,1-2H3;/q2*-1;. The van der Waals surface area contributed by atoms with E-state index >= 15 is 0 Å². The zero-order valence-electron chi connectivity index (χ0n) is 25.6. The topological polar surface area (TPSA) is 51.8 Å². The third-order valence-electron chi connectivity index (χ3n) is 7.29. The first kappa shape index (κ1) is 31.5. The Kier molecular flexibility index (Phi) is 9.32. The van der Waals surface area contributed by atoms with E-state index < -0.39 is 8.07 Å². The summed E-state index contributed by atoms with van der Waals surface area (Å²) in [5, 5.41) is 3.39. The van der Waals surface area contributed by atoms with Gasteiger partial charge in [-0.25, -0.2) is 0 Å². The van der Waals surface area contributed by atoms with Crippen molar-refractivity contribution in [3.8, 4) is 22.5 Å². The average molecular weight is 748 g/mol. The van der Waals surface area contributed by atoms with Gasteiger partial charge in [0, 0.05) is 37.9 Å². The Morgan fingerprint density at radius 1 is 0.833 bits per heavy atom. The van der Waals surface area contributed by atoms with Crippen molar-refractivity contribution >= 4 is 35.3 Å². The van der Waals surface area contributed by atoms with E-state index in [0.29, 0.717) is 0 Å². The Morgan fingerprint density at radius 3 is 2.24 bits per heavy atom. The Bertz CT molecular complexity index is 1830. The maximum Gasteiger partial charge on any atom is 0.121 e. The SMILES string of the molecule is CC(C)(C)c1ccnc(-c2[c-]nc([Si](C)(C)C)c3c2oc2ccccc23)c1.Cc1cnc(-c2[c-]cccc2)cc1C.[Ir]. The molecule has 0 amide bonds. The molecule has 6 heteroatoms. The number of benzene rings is 2. The van der Waals surface area contributed by atoms with Gasteiger partial charge in [-0.2, -0.15) is 0 Å². The molecule has 0 aliphatic rings. The van der Waals surface area contributed by atoms with Gasteiger partial charge < -0.3 is 19.4 Å². The van der Waals surface area contributed by atoms with Gasteiger partial charge in [0.1, 0.15) is 5.58 Å². The summed E-state index contributed by atoms with van der Waals surface area (Å²) < 4.78 is 6.31. The molecule has 0 atom stereocenters. The second-order valence-corrected chi connectivity index (χ2v) is 17.6. The van der Waals surface area contributed by atoms with Crippen molar-refractivity contribution in [2.24, 2.45) is 0 Å². The number of pyridine rings is 3. The van der Waals surface area contributed by atoms with Gasteiger partial charge in [-0.15, -0.1) is 35.9 Å². The van der Waals surface area contributed by atoms with Crippen molar-refractivity contribution < 1.29 is 24.5 Å². The van der Waals surface area contributed by atoms with Gasteiger partial charge in [0.05, 0.1) is 13.7 Å². The first-order chi connectivity index (χ1) is 19.4. The third-order valence-corrected chi connectivity index (χ3v) is 9.07. The van der Waals surface area contributed by atoms with Crippen LogP contribution in [0.25, 0.3) is 44.5 Å². The minimum Gasteiger partial charge on any atom is -0.500 e. The van der Waals surface area contributed by atoms with E-state index in [1.54, 1.807) is 0 Å². The number of aryl methyl sites for hydroxylation is 2. The fraction of sp³-hybridized carbons (Fsp3) is 0.250. The van der Waals surface area contributed by atoms with E-state index in [1.807, 2.05) is 48.8 Å². The van der Waals surface area contributed by atoms with Crippen molar-refractivity contribution in [2.45, 2.75) is 59.7 Å². The van der Waals surface area contributed by atoms with E-state index in [9.17, 15) is 0 Å². The second kappa shape index (κ2) is 12.4. The molecule has 2 aromatic carbocycles. The molecule has 0 aliphatic carbocycles. The smallest absolute Gasteiger partial charge is 0.121 e. The Hall–Kier alpha value is -3.44. The molecule has 0 saturated carbocycles. The normalized spacial score (nSPS) is 11.6. The molecular weight excluding hydrogens is 711 g/mol. The molecule has 0 unspecified atom stereocenters. The number of nitrogens with zero attached hydrogens (tertiary/aromatic N) is 3. The summed E-state index contributed by atoms with van der Waals surface area (Å²) in [7, 11) is -1.67. The van der Waals surface area contributed by atoms with Crippen molar-refractivity contribution in [1.29, 1.82) is 0 Å². The molecule has 0 N–H and O–H groups in total. The molecule has 6 rings (SSSR count). The van der Waals surface area contributed by atoms with Crippen molar-refractivity contribution in [3.63, 3.8) is 0 Å². The van der Waals surface area contributed by atoms with Gasteiger partial charge in [0.2, 0.25) is 0 Å². The zero-order valence-corrected chi connectivity index (χ0v) is 29.0. The molecule has 0 saturated heterocycles. The van der Waals surface area contributed by atoms with E-state index in [4.69, 9.17) is 9.40 Å². The van der Waals surface area contributed by atoms with E-state index in [-0.39, 0.29) is 25.5 Å². The van der Waals surface area contributed by atoms with Gasteiger partial charge >= 0.3 is 0 Å². The second-order valence-electron chi connectivity index (χ2n) is 12.6. The van der Waals surface area contributed by atoms with Crippen LogP contribution in [0.1, 0.15) is 37.5 Å². The van der Waals surface area contributed by atoms with Crippen molar-refractivity contribution in [3.05, 3.63) is 108 Å². The molecule has 0 fully saturated rings. The van der Waals surface area contributed by atoms with Crippen LogP contribution in [0.4, 0.5) is 0 Å².